The molecule has 6 nitrogen and oxygen atoms in total. The van der Waals surface area contributed by atoms with Gasteiger partial charge in [-0.25, -0.2) is 4.98 Å². The van der Waals surface area contributed by atoms with Gasteiger partial charge < -0.3 is 19.1 Å². The molecule has 2 aliphatic rings. The van der Waals surface area contributed by atoms with Gasteiger partial charge in [-0.05, 0) is 19.8 Å². The van der Waals surface area contributed by atoms with Gasteiger partial charge in [-0.15, -0.1) is 0 Å². The van der Waals surface area contributed by atoms with Crippen molar-refractivity contribution in [2.24, 2.45) is 0 Å². The van der Waals surface area contributed by atoms with Crippen LogP contribution in [0.2, 0.25) is 0 Å². The number of nitrogens with zero attached hydrogens (tertiary/aromatic N) is 3. The number of hydrogen-bond acceptors (Lipinski definition) is 7. The van der Waals surface area contributed by atoms with Gasteiger partial charge in [0.25, 0.3) is 0 Å². The molecule has 3 rings (SSSR count). The van der Waals surface area contributed by atoms with E-state index in [2.05, 4.69) is 14.3 Å². The van der Waals surface area contributed by atoms with Crippen LogP contribution in [-0.4, -0.2) is 55.0 Å². The van der Waals surface area contributed by atoms with Gasteiger partial charge in [0.2, 0.25) is 5.13 Å². The molecular formula is C13H21N3O3S. The second-order valence-corrected chi connectivity index (χ2v) is 6.15. The SMILES string of the molecule is COC(C)c1nsc(N2CCOC3(CCCOC3)C2)n1. The highest BCUT2D eigenvalue weighted by Crippen LogP contribution is 2.31. The van der Waals surface area contributed by atoms with Crippen molar-refractivity contribution in [2.75, 3.05) is 44.9 Å². The van der Waals surface area contributed by atoms with Crippen molar-refractivity contribution in [3.05, 3.63) is 5.82 Å². The van der Waals surface area contributed by atoms with E-state index in [1.54, 1.807) is 7.11 Å². The van der Waals surface area contributed by atoms with E-state index in [4.69, 9.17) is 14.2 Å². The average molecular weight is 299 g/mol. The van der Waals surface area contributed by atoms with Crippen LogP contribution in [0.5, 0.6) is 0 Å². The van der Waals surface area contributed by atoms with Gasteiger partial charge in [-0.3, -0.25) is 0 Å². The summed E-state index contributed by atoms with van der Waals surface area (Å²) in [5, 5.41) is 0.956. The van der Waals surface area contributed by atoms with E-state index in [0.717, 1.165) is 50.1 Å². The summed E-state index contributed by atoms with van der Waals surface area (Å²) in [5.74, 6) is 0.757. The first-order valence-corrected chi connectivity index (χ1v) is 7.83. The Kier molecular flexibility index (Phi) is 4.21. The molecule has 3 heterocycles. The lowest BCUT2D eigenvalue weighted by atomic mass is 9.94. The monoisotopic (exact) mass is 299 g/mol. The molecule has 2 atom stereocenters. The Morgan fingerprint density at radius 2 is 2.35 bits per heavy atom. The van der Waals surface area contributed by atoms with E-state index < -0.39 is 0 Å². The van der Waals surface area contributed by atoms with Gasteiger partial charge in [0.1, 0.15) is 11.7 Å². The number of anilines is 1. The second kappa shape index (κ2) is 5.93. The van der Waals surface area contributed by atoms with Crippen molar-refractivity contribution in [3.8, 4) is 0 Å². The largest absolute Gasteiger partial charge is 0.378 e. The van der Waals surface area contributed by atoms with E-state index in [1.165, 1.54) is 11.5 Å². The number of aromatic nitrogens is 2. The molecule has 2 aliphatic heterocycles. The van der Waals surface area contributed by atoms with E-state index in [-0.39, 0.29) is 11.7 Å². The van der Waals surface area contributed by atoms with Crippen LogP contribution >= 0.6 is 11.5 Å². The zero-order valence-electron chi connectivity index (χ0n) is 12.0. The summed E-state index contributed by atoms with van der Waals surface area (Å²) in [6.07, 6.45) is 2.06. The maximum atomic E-state index is 6.00. The number of morpholine rings is 1. The van der Waals surface area contributed by atoms with Gasteiger partial charge in [0, 0.05) is 31.8 Å². The molecule has 112 valence electrons. The molecule has 20 heavy (non-hydrogen) atoms. The Morgan fingerprint density at radius 1 is 1.45 bits per heavy atom. The molecule has 2 unspecified atom stereocenters. The Balaban J connectivity index is 1.71. The van der Waals surface area contributed by atoms with Crippen LogP contribution in [0.1, 0.15) is 31.7 Å². The highest BCUT2D eigenvalue weighted by Gasteiger charge is 2.39. The summed E-state index contributed by atoms with van der Waals surface area (Å²) in [6.45, 7) is 5.91. The first kappa shape index (κ1) is 14.2. The van der Waals surface area contributed by atoms with Crippen molar-refractivity contribution in [2.45, 2.75) is 31.5 Å². The van der Waals surface area contributed by atoms with Crippen molar-refractivity contribution in [1.82, 2.24) is 9.36 Å². The topological polar surface area (TPSA) is 56.7 Å². The minimum absolute atomic E-state index is 0.0620. The maximum absolute atomic E-state index is 6.00. The lowest BCUT2D eigenvalue weighted by molar-refractivity contribution is -0.133. The van der Waals surface area contributed by atoms with Gasteiger partial charge in [-0.2, -0.15) is 4.37 Å². The quantitative estimate of drug-likeness (QED) is 0.845. The zero-order valence-corrected chi connectivity index (χ0v) is 12.8. The average Bonchev–Trinajstić information content (AvgIpc) is 2.97. The minimum atomic E-state index is -0.158. The van der Waals surface area contributed by atoms with E-state index in [1.807, 2.05) is 6.92 Å². The predicted molar refractivity (Wildman–Crippen MR) is 76.3 cm³/mol. The normalized spacial score (nSPS) is 28.8. The lowest BCUT2D eigenvalue weighted by Gasteiger charge is -2.44. The number of ether oxygens (including phenoxy) is 3. The number of hydrogen-bond donors (Lipinski definition) is 0. The van der Waals surface area contributed by atoms with E-state index in [0.29, 0.717) is 6.61 Å². The summed E-state index contributed by atoms with van der Waals surface area (Å²) >= 11 is 1.44. The molecule has 0 N–H and O–H groups in total. The number of rotatable bonds is 3. The van der Waals surface area contributed by atoms with E-state index >= 15 is 0 Å². The maximum Gasteiger partial charge on any atom is 0.205 e. The van der Waals surface area contributed by atoms with Crippen LogP contribution in [0.3, 0.4) is 0 Å². The molecular weight excluding hydrogens is 278 g/mol. The Morgan fingerprint density at radius 3 is 3.10 bits per heavy atom. The number of methoxy groups -OCH3 is 1. The highest BCUT2D eigenvalue weighted by molar-refractivity contribution is 7.09. The molecule has 1 aromatic heterocycles. The van der Waals surface area contributed by atoms with E-state index in [9.17, 15) is 0 Å². The Bertz CT molecular complexity index is 442. The summed E-state index contributed by atoms with van der Waals surface area (Å²) in [7, 11) is 1.68. The summed E-state index contributed by atoms with van der Waals surface area (Å²) in [4.78, 5) is 6.86. The summed E-state index contributed by atoms with van der Waals surface area (Å²) in [6, 6.07) is 0. The first-order valence-electron chi connectivity index (χ1n) is 7.05. The fourth-order valence-corrected chi connectivity index (χ4v) is 3.47. The minimum Gasteiger partial charge on any atom is -0.378 e. The molecule has 1 spiro atoms. The molecule has 7 heteroatoms. The smallest absolute Gasteiger partial charge is 0.205 e. The highest BCUT2D eigenvalue weighted by atomic mass is 32.1. The van der Waals surface area contributed by atoms with Crippen LogP contribution < -0.4 is 4.90 Å². The van der Waals surface area contributed by atoms with Crippen LogP contribution in [0, 0.1) is 0 Å². The molecule has 0 aliphatic carbocycles. The standard InChI is InChI=1S/C13H21N3O3S/c1-10(17-2)11-14-12(20-15-11)16-5-7-19-13(8-16)4-3-6-18-9-13/h10H,3-9H2,1-2H3. The van der Waals surface area contributed by atoms with Crippen LogP contribution in [-0.2, 0) is 14.2 Å². The van der Waals surface area contributed by atoms with Crippen LogP contribution in [0.25, 0.3) is 0 Å². The zero-order chi connectivity index (χ0) is 14.0. The Hall–Kier alpha value is -0.760. The molecule has 0 radical (unpaired) electrons. The molecule has 0 amide bonds. The third-order valence-electron chi connectivity index (χ3n) is 3.95. The van der Waals surface area contributed by atoms with Crippen LogP contribution in [0.4, 0.5) is 5.13 Å². The third-order valence-corrected chi connectivity index (χ3v) is 4.74. The second-order valence-electron chi connectivity index (χ2n) is 5.42. The molecule has 0 saturated carbocycles. The molecule has 0 bridgehead atoms. The molecule has 0 aromatic carbocycles. The van der Waals surface area contributed by atoms with Crippen LogP contribution in [0.15, 0.2) is 0 Å². The summed E-state index contributed by atoms with van der Waals surface area (Å²) in [5.41, 5.74) is -0.158. The van der Waals surface area contributed by atoms with Gasteiger partial charge in [0.15, 0.2) is 5.82 Å². The van der Waals surface area contributed by atoms with Gasteiger partial charge in [0.05, 0.1) is 19.8 Å². The molecule has 2 saturated heterocycles. The molecule has 2 fully saturated rings. The first-order chi connectivity index (χ1) is 9.72. The van der Waals surface area contributed by atoms with Crippen molar-refractivity contribution >= 4 is 16.7 Å². The van der Waals surface area contributed by atoms with Crippen molar-refractivity contribution in [3.63, 3.8) is 0 Å². The fraction of sp³-hybridized carbons (Fsp3) is 0.846. The Labute approximate surface area is 123 Å². The van der Waals surface area contributed by atoms with Crippen molar-refractivity contribution in [1.29, 1.82) is 0 Å². The fourth-order valence-electron chi connectivity index (χ4n) is 2.70. The van der Waals surface area contributed by atoms with Gasteiger partial charge in [-0.1, -0.05) is 0 Å². The van der Waals surface area contributed by atoms with Crippen molar-refractivity contribution < 1.29 is 14.2 Å². The molecule has 1 aromatic rings. The van der Waals surface area contributed by atoms with Gasteiger partial charge >= 0.3 is 0 Å². The summed E-state index contributed by atoms with van der Waals surface area (Å²) < 4.78 is 21.3. The predicted octanol–water partition coefficient (Wildman–Crippen LogP) is 1.63. The lowest BCUT2D eigenvalue weighted by Crippen LogP contribution is -2.56. The third kappa shape index (κ3) is 2.81.